The van der Waals surface area contributed by atoms with Crippen molar-refractivity contribution in [1.29, 1.82) is 0 Å². The second kappa shape index (κ2) is 6.46. The van der Waals surface area contributed by atoms with Gasteiger partial charge in [0, 0.05) is 5.41 Å². The number of nitrogens with one attached hydrogen (secondary N) is 1. The molecule has 0 saturated carbocycles. The predicted octanol–water partition coefficient (Wildman–Crippen LogP) is 3.92. The van der Waals surface area contributed by atoms with Crippen LogP contribution in [0.3, 0.4) is 0 Å². The van der Waals surface area contributed by atoms with Gasteiger partial charge in [0.1, 0.15) is 10.0 Å². The fourth-order valence-electron chi connectivity index (χ4n) is 2.26. The summed E-state index contributed by atoms with van der Waals surface area (Å²) in [6.45, 7) is 9.67. The Morgan fingerprint density at radius 3 is 2.45 bits per heavy atom. The van der Waals surface area contributed by atoms with E-state index in [4.69, 9.17) is 0 Å². The first-order chi connectivity index (χ1) is 9.59. The Morgan fingerprint density at radius 2 is 1.85 bits per heavy atom. The van der Waals surface area contributed by atoms with Crippen LogP contribution in [0.15, 0.2) is 30.3 Å². The zero-order valence-electron chi connectivity index (χ0n) is 12.7. The summed E-state index contributed by atoms with van der Waals surface area (Å²) in [6, 6.07) is 10.8. The molecule has 1 N–H and O–H groups in total. The molecule has 0 radical (unpaired) electrons. The first-order valence-electron chi connectivity index (χ1n) is 7.22. The van der Waals surface area contributed by atoms with Crippen LogP contribution in [-0.4, -0.2) is 16.7 Å². The van der Waals surface area contributed by atoms with Crippen molar-refractivity contribution in [1.82, 2.24) is 15.5 Å². The highest BCUT2D eigenvalue weighted by Crippen LogP contribution is 2.34. The van der Waals surface area contributed by atoms with Crippen LogP contribution in [0.4, 0.5) is 0 Å². The summed E-state index contributed by atoms with van der Waals surface area (Å²) < 4.78 is 0. The summed E-state index contributed by atoms with van der Waals surface area (Å²) in [7, 11) is 0. The molecule has 0 spiro atoms. The van der Waals surface area contributed by atoms with E-state index >= 15 is 0 Å². The minimum atomic E-state index is -0.0956. The van der Waals surface area contributed by atoms with Crippen molar-refractivity contribution in [2.45, 2.75) is 45.6 Å². The molecule has 3 nitrogen and oxygen atoms in total. The molecule has 1 aromatic carbocycles. The molecule has 2 aromatic rings. The van der Waals surface area contributed by atoms with Gasteiger partial charge in [0.2, 0.25) is 0 Å². The summed E-state index contributed by atoms with van der Waals surface area (Å²) in [6.07, 6.45) is 1.04. The summed E-state index contributed by atoms with van der Waals surface area (Å²) >= 11 is 1.72. The monoisotopic (exact) mass is 289 g/mol. The molecule has 0 aliphatic carbocycles. The van der Waals surface area contributed by atoms with Crippen molar-refractivity contribution in [2.24, 2.45) is 0 Å². The summed E-state index contributed by atoms with van der Waals surface area (Å²) in [5.74, 6) is 0. The average molecular weight is 289 g/mol. The van der Waals surface area contributed by atoms with Crippen molar-refractivity contribution in [3.63, 3.8) is 0 Å². The number of nitrogens with zero attached hydrogens (tertiary/aromatic N) is 2. The molecular formula is C16H23N3S. The van der Waals surface area contributed by atoms with E-state index in [0.717, 1.165) is 23.0 Å². The van der Waals surface area contributed by atoms with E-state index in [0.29, 0.717) is 6.04 Å². The largest absolute Gasteiger partial charge is 0.308 e. The maximum absolute atomic E-state index is 4.44. The van der Waals surface area contributed by atoms with Crippen molar-refractivity contribution < 1.29 is 0 Å². The summed E-state index contributed by atoms with van der Waals surface area (Å²) in [5, 5.41) is 14.5. The van der Waals surface area contributed by atoms with E-state index in [1.165, 1.54) is 5.56 Å². The highest BCUT2D eigenvalue weighted by molar-refractivity contribution is 7.11. The van der Waals surface area contributed by atoms with E-state index in [1.54, 1.807) is 11.3 Å². The quantitative estimate of drug-likeness (QED) is 0.875. The van der Waals surface area contributed by atoms with E-state index < -0.39 is 0 Å². The lowest BCUT2D eigenvalue weighted by Crippen LogP contribution is -2.19. The lowest BCUT2D eigenvalue weighted by molar-refractivity contribution is 0.530. The minimum Gasteiger partial charge on any atom is -0.308 e. The lowest BCUT2D eigenvalue weighted by atomic mass is 9.85. The standard InChI is InChI=1S/C16H23N3S/c1-5-13(17-6-2)14-18-19-15(20-14)16(3,4)12-10-8-7-9-11-12/h7-11,13,17H,5-6H2,1-4H3. The van der Waals surface area contributed by atoms with E-state index in [9.17, 15) is 0 Å². The minimum absolute atomic E-state index is 0.0956. The van der Waals surface area contributed by atoms with Gasteiger partial charge in [-0.1, -0.05) is 55.5 Å². The number of rotatable bonds is 6. The molecular weight excluding hydrogens is 266 g/mol. The van der Waals surface area contributed by atoms with Crippen LogP contribution in [-0.2, 0) is 5.41 Å². The Labute approximate surface area is 125 Å². The van der Waals surface area contributed by atoms with E-state index in [2.05, 4.69) is 67.5 Å². The van der Waals surface area contributed by atoms with E-state index in [1.807, 2.05) is 6.07 Å². The van der Waals surface area contributed by atoms with Crippen LogP contribution in [0, 0.1) is 0 Å². The number of hydrogen-bond acceptors (Lipinski definition) is 4. The van der Waals surface area contributed by atoms with Crippen LogP contribution in [0.2, 0.25) is 0 Å². The molecule has 1 heterocycles. The van der Waals surface area contributed by atoms with Crippen molar-refractivity contribution in [2.75, 3.05) is 6.54 Å². The zero-order chi connectivity index (χ0) is 14.6. The number of hydrogen-bond donors (Lipinski definition) is 1. The fourth-order valence-corrected chi connectivity index (χ4v) is 3.39. The number of benzene rings is 1. The predicted molar refractivity (Wildman–Crippen MR) is 85.2 cm³/mol. The Morgan fingerprint density at radius 1 is 1.15 bits per heavy atom. The third kappa shape index (κ3) is 3.07. The molecule has 0 aliphatic rings. The second-order valence-corrected chi connectivity index (χ2v) is 6.46. The van der Waals surface area contributed by atoms with Crippen LogP contribution < -0.4 is 5.32 Å². The second-order valence-electron chi connectivity index (χ2n) is 5.45. The molecule has 1 atom stereocenters. The summed E-state index contributed by atoms with van der Waals surface area (Å²) in [5.41, 5.74) is 1.18. The Hall–Kier alpha value is -1.26. The molecule has 108 valence electrons. The Bertz CT molecular complexity index is 534. The van der Waals surface area contributed by atoms with Crippen LogP contribution >= 0.6 is 11.3 Å². The average Bonchev–Trinajstić information content (AvgIpc) is 2.96. The molecule has 2 rings (SSSR count). The first kappa shape index (κ1) is 15.1. The van der Waals surface area contributed by atoms with Gasteiger partial charge in [-0.2, -0.15) is 0 Å². The van der Waals surface area contributed by atoms with Gasteiger partial charge in [-0.3, -0.25) is 0 Å². The lowest BCUT2D eigenvalue weighted by Gasteiger charge is -2.21. The third-order valence-corrected chi connectivity index (χ3v) is 4.99. The topological polar surface area (TPSA) is 37.8 Å². The molecule has 0 saturated heterocycles. The highest BCUT2D eigenvalue weighted by Gasteiger charge is 2.28. The van der Waals surface area contributed by atoms with Gasteiger partial charge >= 0.3 is 0 Å². The maximum Gasteiger partial charge on any atom is 0.134 e. The van der Waals surface area contributed by atoms with Gasteiger partial charge in [0.15, 0.2) is 0 Å². The Kier molecular flexibility index (Phi) is 4.89. The van der Waals surface area contributed by atoms with Crippen LogP contribution in [0.25, 0.3) is 0 Å². The first-order valence-corrected chi connectivity index (χ1v) is 8.04. The van der Waals surface area contributed by atoms with Gasteiger partial charge < -0.3 is 5.32 Å². The van der Waals surface area contributed by atoms with Gasteiger partial charge in [-0.25, -0.2) is 0 Å². The number of aromatic nitrogens is 2. The molecule has 0 aliphatic heterocycles. The van der Waals surface area contributed by atoms with Crippen LogP contribution in [0.5, 0.6) is 0 Å². The molecule has 0 fully saturated rings. The SMILES string of the molecule is CCNC(CC)c1nnc(C(C)(C)c2ccccc2)s1. The maximum atomic E-state index is 4.44. The molecule has 4 heteroatoms. The zero-order valence-corrected chi connectivity index (χ0v) is 13.5. The van der Waals surface area contributed by atoms with Gasteiger partial charge in [0.25, 0.3) is 0 Å². The molecule has 20 heavy (non-hydrogen) atoms. The van der Waals surface area contributed by atoms with Crippen molar-refractivity contribution in [3.05, 3.63) is 45.9 Å². The molecule has 1 aromatic heterocycles. The van der Waals surface area contributed by atoms with Gasteiger partial charge in [-0.15, -0.1) is 10.2 Å². The van der Waals surface area contributed by atoms with Crippen molar-refractivity contribution in [3.8, 4) is 0 Å². The van der Waals surface area contributed by atoms with Gasteiger partial charge in [0.05, 0.1) is 6.04 Å². The molecule has 0 bridgehead atoms. The third-order valence-electron chi connectivity index (χ3n) is 3.63. The highest BCUT2D eigenvalue weighted by atomic mass is 32.1. The Balaban J connectivity index is 2.28. The smallest absolute Gasteiger partial charge is 0.134 e. The molecule has 0 amide bonds. The van der Waals surface area contributed by atoms with Crippen LogP contribution in [0.1, 0.15) is 55.7 Å². The van der Waals surface area contributed by atoms with E-state index in [-0.39, 0.29) is 5.41 Å². The normalized spacial score (nSPS) is 13.4. The van der Waals surface area contributed by atoms with Crippen molar-refractivity contribution >= 4 is 11.3 Å². The summed E-state index contributed by atoms with van der Waals surface area (Å²) in [4.78, 5) is 0. The van der Waals surface area contributed by atoms with Gasteiger partial charge in [-0.05, 0) is 32.4 Å². The fraction of sp³-hybridized carbons (Fsp3) is 0.500. The molecule has 1 unspecified atom stereocenters.